The molecule has 1 aromatic rings. The molecule has 11 heavy (non-hydrogen) atoms. The van der Waals surface area contributed by atoms with E-state index in [1.807, 2.05) is 19.4 Å². The molecule has 0 saturated carbocycles. The van der Waals surface area contributed by atoms with Crippen molar-refractivity contribution in [3.8, 4) is 0 Å². The zero-order chi connectivity index (χ0) is 8.32. The fraction of sp³-hybridized carbons (Fsp3) is 0.556. The lowest BCUT2D eigenvalue weighted by Crippen LogP contribution is -2.38. The van der Waals surface area contributed by atoms with Gasteiger partial charge in [0, 0.05) is 17.9 Å². The van der Waals surface area contributed by atoms with Gasteiger partial charge in [-0.1, -0.05) is 0 Å². The molecule has 2 heteroatoms. The molecule has 0 saturated heterocycles. The van der Waals surface area contributed by atoms with Gasteiger partial charge in [-0.2, -0.15) is 0 Å². The van der Waals surface area contributed by atoms with Gasteiger partial charge in [0.2, 0.25) is 0 Å². The standard InChI is InChI=1S/C9H16N2/c1-9(2,10-3)6-8-4-5-11-7-8/h4-5,7,10-11H,6H2,1-3H3. The average Bonchev–Trinajstić information content (AvgIpc) is 2.39. The third kappa shape index (κ3) is 2.39. The first-order valence-corrected chi connectivity index (χ1v) is 3.95. The number of hydrogen-bond acceptors (Lipinski definition) is 1. The van der Waals surface area contributed by atoms with Gasteiger partial charge in [-0.25, -0.2) is 0 Å². The summed E-state index contributed by atoms with van der Waals surface area (Å²) in [6.45, 7) is 4.39. The molecule has 2 nitrogen and oxygen atoms in total. The molecule has 0 bridgehead atoms. The fourth-order valence-electron chi connectivity index (χ4n) is 1.07. The van der Waals surface area contributed by atoms with Gasteiger partial charge in [-0.3, -0.25) is 0 Å². The highest BCUT2D eigenvalue weighted by Crippen LogP contribution is 2.10. The van der Waals surface area contributed by atoms with Crippen LogP contribution in [0.3, 0.4) is 0 Å². The van der Waals surface area contributed by atoms with Crippen LogP contribution in [0.1, 0.15) is 19.4 Å². The second-order valence-electron chi connectivity index (χ2n) is 3.53. The summed E-state index contributed by atoms with van der Waals surface area (Å²) in [5, 5.41) is 3.27. The summed E-state index contributed by atoms with van der Waals surface area (Å²) in [6, 6.07) is 2.11. The SMILES string of the molecule is CNC(C)(C)Cc1cc[nH]c1. The van der Waals surface area contributed by atoms with E-state index in [0.717, 1.165) is 6.42 Å². The number of rotatable bonds is 3. The number of aromatic nitrogens is 1. The molecule has 0 radical (unpaired) electrons. The van der Waals surface area contributed by atoms with Gasteiger partial charge in [0.1, 0.15) is 0 Å². The van der Waals surface area contributed by atoms with E-state index in [-0.39, 0.29) is 5.54 Å². The Balaban J connectivity index is 2.56. The Morgan fingerprint density at radius 2 is 2.27 bits per heavy atom. The molecule has 1 heterocycles. The number of hydrogen-bond donors (Lipinski definition) is 2. The molecule has 1 rings (SSSR count). The van der Waals surface area contributed by atoms with Gasteiger partial charge in [-0.05, 0) is 38.9 Å². The Morgan fingerprint density at radius 3 is 2.73 bits per heavy atom. The smallest absolute Gasteiger partial charge is 0.0163 e. The Labute approximate surface area is 68.0 Å². The van der Waals surface area contributed by atoms with Crippen LogP contribution in [-0.2, 0) is 6.42 Å². The van der Waals surface area contributed by atoms with Gasteiger partial charge in [-0.15, -0.1) is 0 Å². The molecule has 0 unspecified atom stereocenters. The van der Waals surface area contributed by atoms with Crippen LogP contribution < -0.4 is 5.32 Å². The van der Waals surface area contributed by atoms with Crippen LogP contribution in [0.15, 0.2) is 18.5 Å². The summed E-state index contributed by atoms with van der Waals surface area (Å²) in [4.78, 5) is 3.05. The van der Waals surface area contributed by atoms with Crippen molar-refractivity contribution in [2.24, 2.45) is 0 Å². The molecule has 0 amide bonds. The van der Waals surface area contributed by atoms with Crippen LogP contribution in [-0.4, -0.2) is 17.6 Å². The molecule has 0 fully saturated rings. The molecule has 0 aliphatic heterocycles. The zero-order valence-electron chi connectivity index (χ0n) is 7.44. The van der Waals surface area contributed by atoms with E-state index in [4.69, 9.17) is 0 Å². The lowest BCUT2D eigenvalue weighted by Gasteiger charge is -2.23. The predicted molar refractivity (Wildman–Crippen MR) is 47.6 cm³/mol. The molecule has 2 N–H and O–H groups in total. The van der Waals surface area contributed by atoms with Crippen molar-refractivity contribution in [3.05, 3.63) is 24.0 Å². The van der Waals surface area contributed by atoms with E-state index in [0.29, 0.717) is 0 Å². The van der Waals surface area contributed by atoms with Crippen LogP contribution in [0.4, 0.5) is 0 Å². The van der Waals surface area contributed by atoms with E-state index in [9.17, 15) is 0 Å². The topological polar surface area (TPSA) is 27.8 Å². The maximum atomic E-state index is 3.27. The van der Waals surface area contributed by atoms with E-state index >= 15 is 0 Å². The highest BCUT2D eigenvalue weighted by molar-refractivity contribution is 5.11. The van der Waals surface area contributed by atoms with Crippen LogP contribution in [0.25, 0.3) is 0 Å². The van der Waals surface area contributed by atoms with Crippen LogP contribution in [0.2, 0.25) is 0 Å². The molecule has 62 valence electrons. The van der Waals surface area contributed by atoms with Crippen molar-refractivity contribution in [1.82, 2.24) is 10.3 Å². The quantitative estimate of drug-likeness (QED) is 0.675. The number of H-pyrrole nitrogens is 1. The van der Waals surface area contributed by atoms with Crippen molar-refractivity contribution in [3.63, 3.8) is 0 Å². The molecule has 0 spiro atoms. The van der Waals surface area contributed by atoms with Crippen molar-refractivity contribution in [2.45, 2.75) is 25.8 Å². The average molecular weight is 152 g/mol. The second-order valence-corrected chi connectivity index (χ2v) is 3.53. The Morgan fingerprint density at radius 1 is 1.55 bits per heavy atom. The van der Waals surface area contributed by atoms with E-state index in [1.165, 1.54) is 5.56 Å². The fourth-order valence-corrected chi connectivity index (χ4v) is 1.07. The largest absolute Gasteiger partial charge is 0.367 e. The van der Waals surface area contributed by atoms with Crippen LogP contribution >= 0.6 is 0 Å². The first kappa shape index (κ1) is 8.34. The third-order valence-electron chi connectivity index (χ3n) is 1.99. The van der Waals surface area contributed by atoms with Crippen molar-refractivity contribution in [2.75, 3.05) is 7.05 Å². The molecule has 0 atom stereocenters. The Bertz CT molecular complexity index is 199. The first-order valence-electron chi connectivity index (χ1n) is 3.95. The van der Waals surface area contributed by atoms with E-state index < -0.39 is 0 Å². The summed E-state index contributed by atoms with van der Waals surface area (Å²) in [5.74, 6) is 0. The lowest BCUT2D eigenvalue weighted by molar-refractivity contribution is 0.422. The zero-order valence-corrected chi connectivity index (χ0v) is 7.44. The Kier molecular flexibility index (Phi) is 2.35. The summed E-state index contributed by atoms with van der Waals surface area (Å²) in [5.41, 5.74) is 1.55. The summed E-state index contributed by atoms with van der Waals surface area (Å²) in [7, 11) is 1.99. The first-order chi connectivity index (χ1) is 5.14. The van der Waals surface area contributed by atoms with Crippen molar-refractivity contribution >= 4 is 0 Å². The second kappa shape index (κ2) is 3.09. The number of nitrogens with one attached hydrogen (secondary N) is 2. The molecular formula is C9H16N2. The van der Waals surface area contributed by atoms with Crippen LogP contribution in [0.5, 0.6) is 0 Å². The normalized spacial score (nSPS) is 11.9. The van der Waals surface area contributed by atoms with Crippen molar-refractivity contribution in [1.29, 1.82) is 0 Å². The summed E-state index contributed by atoms with van der Waals surface area (Å²) in [6.07, 6.45) is 5.06. The van der Waals surface area contributed by atoms with E-state index in [1.54, 1.807) is 0 Å². The van der Waals surface area contributed by atoms with Gasteiger partial charge in [0.25, 0.3) is 0 Å². The maximum absolute atomic E-state index is 3.27. The minimum atomic E-state index is 0.197. The van der Waals surface area contributed by atoms with Gasteiger partial charge in [0.05, 0.1) is 0 Å². The Hall–Kier alpha value is -0.760. The number of likely N-dealkylation sites (N-methyl/N-ethyl adjacent to an activating group) is 1. The van der Waals surface area contributed by atoms with E-state index in [2.05, 4.69) is 30.2 Å². The molecule has 0 aliphatic carbocycles. The molecule has 0 aromatic carbocycles. The minimum absolute atomic E-state index is 0.197. The molecular weight excluding hydrogens is 136 g/mol. The van der Waals surface area contributed by atoms with Gasteiger partial charge >= 0.3 is 0 Å². The predicted octanol–water partition coefficient (Wildman–Crippen LogP) is 1.56. The minimum Gasteiger partial charge on any atom is -0.367 e. The highest BCUT2D eigenvalue weighted by Gasteiger charge is 2.14. The van der Waals surface area contributed by atoms with Gasteiger partial charge in [0.15, 0.2) is 0 Å². The summed E-state index contributed by atoms with van der Waals surface area (Å²) >= 11 is 0. The molecule has 1 aromatic heterocycles. The van der Waals surface area contributed by atoms with Crippen LogP contribution in [0, 0.1) is 0 Å². The van der Waals surface area contributed by atoms with Gasteiger partial charge < -0.3 is 10.3 Å². The molecule has 0 aliphatic rings. The highest BCUT2D eigenvalue weighted by atomic mass is 14.9. The lowest BCUT2D eigenvalue weighted by atomic mass is 9.97. The monoisotopic (exact) mass is 152 g/mol. The third-order valence-corrected chi connectivity index (χ3v) is 1.99. The summed E-state index contributed by atoms with van der Waals surface area (Å²) < 4.78 is 0. The number of aromatic amines is 1. The van der Waals surface area contributed by atoms with Crippen molar-refractivity contribution < 1.29 is 0 Å². The maximum Gasteiger partial charge on any atom is 0.0163 e.